The van der Waals surface area contributed by atoms with Crippen molar-refractivity contribution in [3.05, 3.63) is 90.4 Å². The SMILES string of the molecule is C=N/C=C(\NCc1ccc(NC(=C)C2CCCCCC2)cc1)c1ccc(NC(=C)C2CCCCCC2)cc1. The predicted molar refractivity (Wildman–Crippen MR) is 165 cm³/mol. The molecule has 2 saturated carbocycles. The van der Waals surface area contributed by atoms with Crippen LogP contribution in [0.1, 0.15) is 88.2 Å². The number of anilines is 2. The van der Waals surface area contributed by atoms with Crippen LogP contribution in [-0.4, -0.2) is 6.72 Å². The van der Waals surface area contributed by atoms with E-state index < -0.39 is 0 Å². The fourth-order valence-electron chi connectivity index (χ4n) is 5.78. The molecular formula is C34H46N4. The van der Waals surface area contributed by atoms with Crippen molar-refractivity contribution in [3.8, 4) is 0 Å². The van der Waals surface area contributed by atoms with Crippen LogP contribution < -0.4 is 16.0 Å². The Bertz CT molecular complexity index is 1060. The second-order valence-corrected chi connectivity index (χ2v) is 11.0. The van der Waals surface area contributed by atoms with Crippen LogP contribution in [-0.2, 0) is 6.54 Å². The van der Waals surface area contributed by atoms with Crippen LogP contribution in [0, 0.1) is 11.8 Å². The van der Waals surface area contributed by atoms with Gasteiger partial charge in [-0.25, -0.2) is 0 Å². The van der Waals surface area contributed by atoms with Crippen LogP contribution in [0.5, 0.6) is 0 Å². The van der Waals surface area contributed by atoms with Crippen LogP contribution in [0.4, 0.5) is 11.4 Å². The molecule has 38 heavy (non-hydrogen) atoms. The molecule has 2 aliphatic rings. The Balaban J connectivity index is 1.29. The first kappa shape index (κ1) is 27.8. The molecule has 2 fully saturated rings. The minimum absolute atomic E-state index is 0.579. The summed E-state index contributed by atoms with van der Waals surface area (Å²) < 4.78 is 0. The highest BCUT2D eigenvalue weighted by Crippen LogP contribution is 2.30. The number of hydrogen-bond donors (Lipinski definition) is 3. The van der Waals surface area contributed by atoms with E-state index in [4.69, 9.17) is 0 Å². The largest absolute Gasteiger partial charge is 0.379 e. The lowest BCUT2D eigenvalue weighted by atomic mass is 9.97. The molecule has 2 aromatic rings. The van der Waals surface area contributed by atoms with Gasteiger partial charge in [0.1, 0.15) is 0 Å². The van der Waals surface area contributed by atoms with Gasteiger partial charge in [-0.05, 0) is 79.6 Å². The van der Waals surface area contributed by atoms with Crippen molar-refractivity contribution in [2.75, 3.05) is 10.6 Å². The maximum atomic E-state index is 4.35. The molecule has 0 heterocycles. The molecule has 202 valence electrons. The van der Waals surface area contributed by atoms with Crippen molar-refractivity contribution >= 4 is 23.8 Å². The minimum atomic E-state index is 0.579. The first-order valence-corrected chi connectivity index (χ1v) is 14.6. The fourth-order valence-corrected chi connectivity index (χ4v) is 5.78. The molecule has 0 atom stereocenters. The van der Waals surface area contributed by atoms with Crippen molar-refractivity contribution in [1.82, 2.24) is 5.32 Å². The maximum Gasteiger partial charge on any atom is 0.0602 e. The molecule has 0 aliphatic heterocycles. The van der Waals surface area contributed by atoms with Crippen LogP contribution in [0.2, 0.25) is 0 Å². The third-order valence-corrected chi connectivity index (χ3v) is 8.16. The Morgan fingerprint density at radius 2 is 1.13 bits per heavy atom. The van der Waals surface area contributed by atoms with E-state index in [1.54, 1.807) is 6.20 Å². The Kier molecular flexibility index (Phi) is 10.7. The van der Waals surface area contributed by atoms with Gasteiger partial charge in [0, 0.05) is 35.5 Å². The Morgan fingerprint density at radius 3 is 1.58 bits per heavy atom. The zero-order chi connectivity index (χ0) is 26.6. The molecular weight excluding hydrogens is 464 g/mol. The van der Waals surface area contributed by atoms with E-state index in [9.17, 15) is 0 Å². The monoisotopic (exact) mass is 510 g/mol. The predicted octanol–water partition coefficient (Wildman–Crippen LogP) is 9.27. The average molecular weight is 511 g/mol. The summed E-state index contributed by atoms with van der Waals surface area (Å²) in [7, 11) is 0. The fraction of sp³-hybridized carbons (Fsp3) is 0.441. The molecule has 0 spiro atoms. The van der Waals surface area contributed by atoms with Gasteiger partial charge in [0.2, 0.25) is 0 Å². The van der Waals surface area contributed by atoms with Gasteiger partial charge >= 0.3 is 0 Å². The highest BCUT2D eigenvalue weighted by atomic mass is 14.9. The van der Waals surface area contributed by atoms with Gasteiger partial charge in [-0.1, -0.05) is 88.8 Å². The quantitative estimate of drug-likeness (QED) is 0.208. The molecule has 0 bridgehead atoms. The van der Waals surface area contributed by atoms with Crippen LogP contribution >= 0.6 is 0 Å². The molecule has 0 unspecified atom stereocenters. The standard InChI is InChI=1S/C34H46N4/c1-26(29-12-8-4-5-9-13-29)37-32-20-16-28(17-21-32)24-36-34(25-35-3)31-18-22-33(23-19-31)38-27(2)30-14-10-6-7-11-15-30/h16-23,25,29-30,36-38H,1-15,24H2/b34-25-. The lowest BCUT2D eigenvalue weighted by molar-refractivity contribution is 0.534. The van der Waals surface area contributed by atoms with Crippen LogP contribution in [0.3, 0.4) is 0 Å². The molecule has 4 rings (SSSR count). The first-order chi connectivity index (χ1) is 18.6. The van der Waals surface area contributed by atoms with Gasteiger partial charge in [-0.15, -0.1) is 0 Å². The number of benzene rings is 2. The van der Waals surface area contributed by atoms with Crippen molar-refractivity contribution in [3.63, 3.8) is 0 Å². The third-order valence-electron chi connectivity index (χ3n) is 8.16. The van der Waals surface area contributed by atoms with E-state index in [1.165, 1.54) is 82.6 Å². The normalized spacial score (nSPS) is 17.6. The van der Waals surface area contributed by atoms with Crippen molar-refractivity contribution in [2.24, 2.45) is 16.8 Å². The molecule has 4 nitrogen and oxygen atoms in total. The highest BCUT2D eigenvalue weighted by molar-refractivity contribution is 5.67. The first-order valence-electron chi connectivity index (χ1n) is 14.6. The summed E-state index contributed by atoms with van der Waals surface area (Å²) in [6.07, 6.45) is 17.5. The van der Waals surface area contributed by atoms with Crippen LogP contribution in [0.25, 0.3) is 5.70 Å². The van der Waals surface area contributed by atoms with E-state index >= 15 is 0 Å². The van der Waals surface area contributed by atoms with E-state index in [2.05, 4.69) is 89.3 Å². The summed E-state index contributed by atoms with van der Waals surface area (Å²) in [5, 5.41) is 10.7. The third kappa shape index (κ3) is 8.37. The number of aliphatic imine (C=N–C) groups is 1. The summed E-state index contributed by atoms with van der Waals surface area (Å²) in [6, 6.07) is 17.1. The smallest absolute Gasteiger partial charge is 0.0602 e. The second-order valence-electron chi connectivity index (χ2n) is 11.0. The zero-order valence-electron chi connectivity index (χ0n) is 23.1. The summed E-state index contributed by atoms with van der Waals surface area (Å²) in [6.45, 7) is 13.1. The summed E-state index contributed by atoms with van der Waals surface area (Å²) in [4.78, 5) is 4.04. The van der Waals surface area contributed by atoms with E-state index in [0.29, 0.717) is 18.4 Å². The van der Waals surface area contributed by atoms with E-state index in [0.717, 1.165) is 34.0 Å². The number of allylic oxidation sites excluding steroid dienone is 2. The van der Waals surface area contributed by atoms with Gasteiger partial charge in [-0.2, -0.15) is 0 Å². The molecule has 4 heteroatoms. The number of nitrogens with zero attached hydrogens (tertiary/aromatic N) is 1. The average Bonchev–Trinajstić information content (AvgIpc) is 3.39. The highest BCUT2D eigenvalue weighted by Gasteiger charge is 2.16. The molecule has 2 aliphatic carbocycles. The van der Waals surface area contributed by atoms with Gasteiger partial charge in [-0.3, -0.25) is 4.99 Å². The summed E-state index contributed by atoms with van der Waals surface area (Å²) >= 11 is 0. The molecule has 3 N–H and O–H groups in total. The van der Waals surface area contributed by atoms with Crippen molar-refractivity contribution < 1.29 is 0 Å². The van der Waals surface area contributed by atoms with Gasteiger partial charge in [0.25, 0.3) is 0 Å². The minimum Gasteiger partial charge on any atom is -0.379 e. The van der Waals surface area contributed by atoms with Gasteiger partial charge < -0.3 is 16.0 Å². The van der Waals surface area contributed by atoms with Gasteiger partial charge in [0.05, 0.1) is 5.70 Å². The number of nitrogens with one attached hydrogen (secondary N) is 3. The zero-order valence-corrected chi connectivity index (χ0v) is 23.1. The lowest BCUT2D eigenvalue weighted by Gasteiger charge is -2.20. The Morgan fingerprint density at radius 1 is 0.684 bits per heavy atom. The van der Waals surface area contributed by atoms with E-state index in [-0.39, 0.29) is 0 Å². The van der Waals surface area contributed by atoms with Crippen LogP contribution in [0.15, 0.2) is 84.3 Å². The number of rotatable bonds is 11. The Hall–Kier alpha value is -3.27. The summed E-state index contributed by atoms with van der Waals surface area (Å²) in [5.41, 5.74) is 7.76. The molecule has 0 radical (unpaired) electrons. The number of hydrogen-bond acceptors (Lipinski definition) is 4. The molecule has 0 aromatic heterocycles. The lowest BCUT2D eigenvalue weighted by Crippen LogP contribution is -2.13. The van der Waals surface area contributed by atoms with E-state index in [1.807, 2.05) is 0 Å². The van der Waals surface area contributed by atoms with Gasteiger partial charge in [0.15, 0.2) is 0 Å². The molecule has 2 aromatic carbocycles. The maximum absolute atomic E-state index is 4.35. The summed E-state index contributed by atoms with van der Waals surface area (Å²) in [5.74, 6) is 1.17. The van der Waals surface area contributed by atoms with Crippen molar-refractivity contribution in [2.45, 2.75) is 83.6 Å². The second kappa shape index (κ2) is 14.6. The molecule has 0 amide bonds. The topological polar surface area (TPSA) is 48.5 Å². The Labute approximate surface area is 230 Å². The molecule has 0 saturated heterocycles. The van der Waals surface area contributed by atoms with Crippen molar-refractivity contribution in [1.29, 1.82) is 0 Å².